The van der Waals surface area contributed by atoms with Crippen molar-refractivity contribution in [2.24, 2.45) is 0 Å². The van der Waals surface area contributed by atoms with Crippen molar-refractivity contribution in [3.8, 4) is 0 Å². The summed E-state index contributed by atoms with van der Waals surface area (Å²) in [7, 11) is 1.61. The Hall–Kier alpha value is -1.84. The molecule has 0 aliphatic carbocycles. The number of likely N-dealkylation sites (N-methyl/N-ethyl adjacent to an activating group) is 1. The van der Waals surface area contributed by atoms with Gasteiger partial charge in [0.1, 0.15) is 6.04 Å². The summed E-state index contributed by atoms with van der Waals surface area (Å²) in [6.07, 6.45) is 1.08. The molecule has 1 saturated heterocycles. The number of nitrogens with one attached hydrogen (secondary N) is 1. The first-order chi connectivity index (χ1) is 8.61. The molecule has 2 rings (SSSR count). The molecule has 2 amide bonds. The topological polar surface area (TPSA) is 49.4 Å². The summed E-state index contributed by atoms with van der Waals surface area (Å²) in [5.41, 5.74) is 2.25. The molecule has 0 aromatic heterocycles. The van der Waals surface area contributed by atoms with Crippen LogP contribution in [0, 0.1) is 6.92 Å². The lowest BCUT2D eigenvalue weighted by Gasteiger charge is -2.23. The molecule has 0 bridgehead atoms. The van der Waals surface area contributed by atoms with Gasteiger partial charge >= 0.3 is 0 Å². The van der Waals surface area contributed by atoms with Crippen molar-refractivity contribution in [2.75, 3.05) is 7.05 Å². The Morgan fingerprint density at radius 3 is 2.67 bits per heavy atom. The molecule has 0 unspecified atom stereocenters. The zero-order valence-corrected chi connectivity index (χ0v) is 10.8. The van der Waals surface area contributed by atoms with Crippen LogP contribution in [0.4, 0.5) is 0 Å². The predicted molar refractivity (Wildman–Crippen MR) is 68.8 cm³/mol. The van der Waals surface area contributed by atoms with Crippen LogP contribution in [0.25, 0.3) is 0 Å². The molecule has 1 atom stereocenters. The molecule has 18 heavy (non-hydrogen) atoms. The number of aryl methyl sites for hydroxylation is 1. The molecule has 4 nitrogen and oxygen atoms in total. The minimum atomic E-state index is -0.316. The lowest BCUT2D eigenvalue weighted by Crippen LogP contribution is -2.43. The Labute approximate surface area is 107 Å². The standard InChI is InChI=1S/C14H18N2O2/c1-10-3-5-11(6-4-10)9-16-12(14(18)15-2)7-8-13(16)17/h3-6,12H,7-9H2,1-2H3,(H,15,18)/t12-/m0/s1. The second-order valence-corrected chi connectivity index (χ2v) is 4.68. The van der Waals surface area contributed by atoms with Crippen LogP contribution in [0.3, 0.4) is 0 Å². The summed E-state index contributed by atoms with van der Waals surface area (Å²) in [5.74, 6) is -0.0165. The average Bonchev–Trinajstić information content (AvgIpc) is 2.73. The van der Waals surface area contributed by atoms with Gasteiger partial charge in [-0.2, -0.15) is 0 Å². The Balaban J connectivity index is 2.12. The van der Waals surface area contributed by atoms with Gasteiger partial charge in [-0.25, -0.2) is 0 Å². The highest BCUT2D eigenvalue weighted by molar-refractivity contribution is 5.90. The van der Waals surface area contributed by atoms with Gasteiger partial charge in [0.2, 0.25) is 11.8 Å². The van der Waals surface area contributed by atoms with E-state index in [1.165, 1.54) is 5.56 Å². The summed E-state index contributed by atoms with van der Waals surface area (Å²) in [5, 5.41) is 2.62. The third kappa shape index (κ3) is 2.53. The van der Waals surface area contributed by atoms with Gasteiger partial charge in [-0.1, -0.05) is 29.8 Å². The van der Waals surface area contributed by atoms with Crippen molar-refractivity contribution in [2.45, 2.75) is 32.4 Å². The van der Waals surface area contributed by atoms with Crippen LogP contribution < -0.4 is 5.32 Å². The van der Waals surface area contributed by atoms with Crippen LogP contribution in [0.15, 0.2) is 24.3 Å². The molecule has 1 fully saturated rings. The van der Waals surface area contributed by atoms with E-state index in [0.29, 0.717) is 19.4 Å². The molecule has 1 aliphatic heterocycles. The van der Waals surface area contributed by atoms with Crippen molar-refractivity contribution in [3.63, 3.8) is 0 Å². The van der Waals surface area contributed by atoms with E-state index in [9.17, 15) is 9.59 Å². The number of nitrogens with zero attached hydrogens (tertiary/aromatic N) is 1. The first-order valence-electron chi connectivity index (χ1n) is 6.18. The number of benzene rings is 1. The largest absolute Gasteiger partial charge is 0.357 e. The zero-order chi connectivity index (χ0) is 13.1. The maximum atomic E-state index is 11.8. The minimum absolute atomic E-state index is 0.0594. The van der Waals surface area contributed by atoms with E-state index in [-0.39, 0.29) is 17.9 Å². The van der Waals surface area contributed by atoms with E-state index in [1.807, 2.05) is 31.2 Å². The molecule has 0 spiro atoms. The number of carbonyl (C=O) groups is 2. The average molecular weight is 246 g/mol. The molecule has 0 saturated carbocycles. The summed E-state index contributed by atoms with van der Waals surface area (Å²) in [4.78, 5) is 25.2. The first kappa shape index (κ1) is 12.6. The van der Waals surface area contributed by atoms with Crippen LogP contribution in [0.2, 0.25) is 0 Å². The molecule has 1 aromatic rings. The fourth-order valence-corrected chi connectivity index (χ4v) is 2.26. The fraction of sp³-hybridized carbons (Fsp3) is 0.429. The summed E-state index contributed by atoms with van der Waals surface area (Å²) in [6.45, 7) is 2.54. The van der Waals surface area contributed by atoms with Crippen molar-refractivity contribution >= 4 is 11.8 Å². The number of rotatable bonds is 3. The molecular weight excluding hydrogens is 228 g/mol. The van der Waals surface area contributed by atoms with Gasteiger partial charge in [0.25, 0.3) is 0 Å². The van der Waals surface area contributed by atoms with E-state index >= 15 is 0 Å². The van der Waals surface area contributed by atoms with Gasteiger partial charge in [-0.05, 0) is 18.9 Å². The van der Waals surface area contributed by atoms with Crippen molar-refractivity contribution in [1.82, 2.24) is 10.2 Å². The second kappa shape index (κ2) is 5.21. The van der Waals surface area contributed by atoms with E-state index in [1.54, 1.807) is 11.9 Å². The maximum Gasteiger partial charge on any atom is 0.242 e. The third-order valence-electron chi connectivity index (χ3n) is 3.35. The van der Waals surface area contributed by atoms with Crippen LogP contribution in [0.1, 0.15) is 24.0 Å². The van der Waals surface area contributed by atoms with Crippen LogP contribution >= 0.6 is 0 Å². The van der Waals surface area contributed by atoms with Crippen molar-refractivity contribution < 1.29 is 9.59 Å². The number of likely N-dealkylation sites (tertiary alicyclic amines) is 1. The summed E-state index contributed by atoms with van der Waals surface area (Å²) < 4.78 is 0. The molecular formula is C14H18N2O2. The van der Waals surface area contributed by atoms with Crippen LogP contribution in [-0.2, 0) is 16.1 Å². The highest BCUT2D eigenvalue weighted by Crippen LogP contribution is 2.21. The van der Waals surface area contributed by atoms with E-state index in [0.717, 1.165) is 5.56 Å². The number of hydrogen-bond acceptors (Lipinski definition) is 2. The molecule has 0 radical (unpaired) electrons. The van der Waals surface area contributed by atoms with Crippen molar-refractivity contribution in [1.29, 1.82) is 0 Å². The van der Waals surface area contributed by atoms with E-state index in [4.69, 9.17) is 0 Å². The van der Waals surface area contributed by atoms with E-state index in [2.05, 4.69) is 5.32 Å². The van der Waals surface area contributed by atoms with Gasteiger partial charge in [0, 0.05) is 20.0 Å². The van der Waals surface area contributed by atoms with Gasteiger partial charge < -0.3 is 10.2 Å². The first-order valence-corrected chi connectivity index (χ1v) is 6.18. The summed E-state index contributed by atoms with van der Waals surface area (Å²) >= 11 is 0. The highest BCUT2D eigenvalue weighted by atomic mass is 16.2. The Morgan fingerprint density at radius 1 is 1.39 bits per heavy atom. The predicted octanol–water partition coefficient (Wildman–Crippen LogP) is 1.23. The Kier molecular flexibility index (Phi) is 3.65. The maximum absolute atomic E-state index is 11.8. The smallest absolute Gasteiger partial charge is 0.242 e. The molecule has 4 heteroatoms. The molecule has 1 aromatic carbocycles. The van der Waals surface area contributed by atoms with Crippen molar-refractivity contribution in [3.05, 3.63) is 35.4 Å². The minimum Gasteiger partial charge on any atom is -0.357 e. The Morgan fingerprint density at radius 2 is 2.06 bits per heavy atom. The van der Waals surface area contributed by atoms with Gasteiger partial charge in [-0.15, -0.1) is 0 Å². The molecule has 1 aliphatic rings. The van der Waals surface area contributed by atoms with Gasteiger partial charge in [0.05, 0.1) is 0 Å². The number of hydrogen-bond donors (Lipinski definition) is 1. The van der Waals surface area contributed by atoms with Crippen LogP contribution in [-0.4, -0.2) is 29.8 Å². The fourth-order valence-electron chi connectivity index (χ4n) is 2.26. The number of amides is 2. The third-order valence-corrected chi connectivity index (χ3v) is 3.35. The summed E-state index contributed by atoms with van der Waals surface area (Å²) in [6, 6.07) is 7.72. The highest BCUT2D eigenvalue weighted by Gasteiger charge is 2.35. The van der Waals surface area contributed by atoms with Gasteiger partial charge in [0.15, 0.2) is 0 Å². The Bertz CT molecular complexity index is 453. The SMILES string of the molecule is CNC(=O)[C@@H]1CCC(=O)N1Cc1ccc(C)cc1. The lowest BCUT2D eigenvalue weighted by molar-refractivity contribution is -0.135. The quantitative estimate of drug-likeness (QED) is 0.872. The molecule has 1 N–H and O–H groups in total. The molecule has 96 valence electrons. The number of carbonyl (C=O) groups excluding carboxylic acids is 2. The monoisotopic (exact) mass is 246 g/mol. The lowest BCUT2D eigenvalue weighted by atomic mass is 10.1. The molecule has 1 heterocycles. The second-order valence-electron chi connectivity index (χ2n) is 4.68. The van der Waals surface area contributed by atoms with Gasteiger partial charge in [-0.3, -0.25) is 9.59 Å². The zero-order valence-electron chi connectivity index (χ0n) is 10.8. The van der Waals surface area contributed by atoms with Crippen LogP contribution in [0.5, 0.6) is 0 Å². The normalized spacial score (nSPS) is 19.1. The van der Waals surface area contributed by atoms with E-state index < -0.39 is 0 Å².